The normalized spacial score (nSPS) is 10.4. The minimum atomic E-state index is 0. The van der Waals surface area contributed by atoms with E-state index < -0.39 is 0 Å². The van der Waals surface area contributed by atoms with Crippen molar-refractivity contribution in [3.8, 4) is 5.75 Å². The molecule has 2 nitrogen and oxygen atoms in total. The van der Waals surface area contributed by atoms with Gasteiger partial charge in [-0.25, -0.2) is 0 Å². The van der Waals surface area contributed by atoms with E-state index in [1.807, 2.05) is 30.3 Å². The van der Waals surface area contributed by atoms with Gasteiger partial charge in [0.05, 0.1) is 6.04 Å². The second kappa shape index (κ2) is 11.2. The van der Waals surface area contributed by atoms with E-state index in [0.29, 0.717) is 6.61 Å². The number of hydrogen-bond acceptors (Lipinski definition) is 2. The van der Waals surface area contributed by atoms with Crippen molar-refractivity contribution in [3.63, 3.8) is 0 Å². The molecule has 0 amide bonds. The van der Waals surface area contributed by atoms with Crippen LogP contribution in [-0.4, -0.2) is 0 Å². The van der Waals surface area contributed by atoms with E-state index in [4.69, 9.17) is 4.74 Å². The third-order valence-corrected chi connectivity index (χ3v) is 4.97. The van der Waals surface area contributed by atoms with Gasteiger partial charge in [0.25, 0.3) is 0 Å². The van der Waals surface area contributed by atoms with Crippen LogP contribution in [0.1, 0.15) is 28.3 Å². The smallest absolute Gasteiger partial charge is 0.124 e. The van der Waals surface area contributed by atoms with E-state index in [2.05, 4.69) is 90.2 Å². The number of halogens is 1. The van der Waals surface area contributed by atoms with Crippen LogP contribution < -0.4 is 10.1 Å². The number of ether oxygens (including phenoxy) is 1. The van der Waals surface area contributed by atoms with Crippen LogP contribution in [0.5, 0.6) is 5.75 Å². The van der Waals surface area contributed by atoms with Crippen molar-refractivity contribution in [1.29, 1.82) is 0 Å². The van der Waals surface area contributed by atoms with Gasteiger partial charge in [0.2, 0.25) is 0 Å². The lowest BCUT2D eigenvalue weighted by Gasteiger charge is -2.21. The van der Waals surface area contributed by atoms with Crippen LogP contribution in [0.3, 0.4) is 0 Å². The molecule has 0 aliphatic heterocycles. The fourth-order valence-electron chi connectivity index (χ4n) is 3.46. The molecule has 0 bridgehead atoms. The molecule has 0 aliphatic carbocycles. The molecule has 30 heavy (non-hydrogen) atoms. The second-order valence-corrected chi connectivity index (χ2v) is 7.02. The van der Waals surface area contributed by atoms with Crippen LogP contribution >= 0.6 is 12.4 Å². The topological polar surface area (TPSA) is 21.3 Å². The maximum atomic E-state index is 6.13. The van der Waals surface area contributed by atoms with Gasteiger partial charge in [0.15, 0.2) is 0 Å². The molecule has 0 fully saturated rings. The van der Waals surface area contributed by atoms with Gasteiger partial charge >= 0.3 is 0 Å². The van der Waals surface area contributed by atoms with Crippen LogP contribution in [0.15, 0.2) is 115 Å². The molecular formula is C27H26ClNO. The van der Waals surface area contributed by atoms with Gasteiger partial charge < -0.3 is 10.1 Å². The Labute approximate surface area is 185 Å². The zero-order chi connectivity index (χ0) is 19.7. The lowest BCUT2D eigenvalue weighted by Crippen LogP contribution is -2.22. The van der Waals surface area contributed by atoms with Gasteiger partial charge in [-0.3, -0.25) is 0 Å². The minimum absolute atomic E-state index is 0. The van der Waals surface area contributed by atoms with E-state index >= 15 is 0 Å². The van der Waals surface area contributed by atoms with Crippen LogP contribution in [0.25, 0.3) is 0 Å². The SMILES string of the molecule is Cl.c1ccc(COc2ccccc2CNC(c2ccccc2)c2ccccc2)cc1. The summed E-state index contributed by atoms with van der Waals surface area (Å²) in [5.74, 6) is 0.920. The summed E-state index contributed by atoms with van der Waals surface area (Å²) in [6.07, 6.45) is 0. The van der Waals surface area contributed by atoms with Gasteiger partial charge in [0, 0.05) is 12.1 Å². The molecule has 0 aromatic heterocycles. The zero-order valence-electron chi connectivity index (χ0n) is 16.8. The molecular weight excluding hydrogens is 390 g/mol. The number of para-hydroxylation sites is 1. The summed E-state index contributed by atoms with van der Waals surface area (Å²) in [4.78, 5) is 0. The lowest BCUT2D eigenvalue weighted by atomic mass is 9.98. The molecule has 3 heteroatoms. The van der Waals surface area contributed by atoms with Gasteiger partial charge in [-0.2, -0.15) is 0 Å². The molecule has 0 spiro atoms. The molecule has 4 rings (SSSR count). The van der Waals surface area contributed by atoms with Crippen LogP contribution in [0, 0.1) is 0 Å². The summed E-state index contributed by atoms with van der Waals surface area (Å²) >= 11 is 0. The third-order valence-electron chi connectivity index (χ3n) is 4.97. The Morgan fingerprint density at radius 3 is 1.70 bits per heavy atom. The van der Waals surface area contributed by atoms with E-state index in [1.54, 1.807) is 0 Å². The van der Waals surface area contributed by atoms with E-state index in [0.717, 1.165) is 17.9 Å². The van der Waals surface area contributed by atoms with Gasteiger partial charge in [-0.05, 0) is 22.8 Å². The predicted octanol–water partition coefficient (Wildman–Crippen LogP) is 6.57. The maximum Gasteiger partial charge on any atom is 0.124 e. The van der Waals surface area contributed by atoms with Gasteiger partial charge in [-0.15, -0.1) is 12.4 Å². The van der Waals surface area contributed by atoms with Crippen LogP contribution in [0.4, 0.5) is 0 Å². The fraction of sp³-hybridized carbons (Fsp3) is 0.111. The Morgan fingerprint density at radius 2 is 1.10 bits per heavy atom. The number of hydrogen-bond donors (Lipinski definition) is 1. The highest BCUT2D eigenvalue weighted by atomic mass is 35.5. The Kier molecular flexibility index (Phi) is 8.08. The first kappa shape index (κ1) is 21.6. The van der Waals surface area contributed by atoms with Crippen molar-refractivity contribution in [3.05, 3.63) is 138 Å². The van der Waals surface area contributed by atoms with Crippen molar-refractivity contribution in [2.45, 2.75) is 19.2 Å². The zero-order valence-corrected chi connectivity index (χ0v) is 17.6. The van der Waals surface area contributed by atoms with Gasteiger partial charge in [0.1, 0.15) is 12.4 Å². The van der Waals surface area contributed by atoms with E-state index in [1.165, 1.54) is 16.7 Å². The van der Waals surface area contributed by atoms with E-state index in [9.17, 15) is 0 Å². The van der Waals surface area contributed by atoms with Crippen molar-refractivity contribution >= 4 is 12.4 Å². The average molecular weight is 416 g/mol. The van der Waals surface area contributed by atoms with Crippen molar-refractivity contribution in [2.75, 3.05) is 0 Å². The lowest BCUT2D eigenvalue weighted by molar-refractivity contribution is 0.302. The monoisotopic (exact) mass is 415 g/mol. The summed E-state index contributed by atoms with van der Waals surface area (Å²) in [5.41, 5.74) is 4.82. The Balaban J connectivity index is 0.00000256. The highest BCUT2D eigenvalue weighted by Gasteiger charge is 2.14. The largest absolute Gasteiger partial charge is 0.489 e. The molecule has 0 saturated heterocycles. The number of nitrogens with one attached hydrogen (secondary N) is 1. The summed E-state index contributed by atoms with van der Waals surface area (Å²) in [7, 11) is 0. The highest BCUT2D eigenvalue weighted by Crippen LogP contribution is 2.25. The first-order chi connectivity index (χ1) is 14.4. The van der Waals surface area contributed by atoms with Crippen molar-refractivity contribution < 1.29 is 4.74 Å². The van der Waals surface area contributed by atoms with Crippen molar-refractivity contribution in [1.82, 2.24) is 5.32 Å². The number of rotatable bonds is 8. The standard InChI is InChI=1S/C27H25NO.ClH/c1-4-12-22(13-5-1)21-29-26-19-11-10-18-25(26)20-28-27(23-14-6-2-7-15-23)24-16-8-3-9-17-24;/h1-19,27-28H,20-21H2;1H. The number of benzene rings is 4. The highest BCUT2D eigenvalue weighted by molar-refractivity contribution is 5.85. The summed E-state index contributed by atoms with van der Waals surface area (Å²) < 4.78 is 6.13. The Morgan fingerprint density at radius 1 is 0.600 bits per heavy atom. The summed E-state index contributed by atoms with van der Waals surface area (Å²) in [5, 5.41) is 3.73. The summed E-state index contributed by atoms with van der Waals surface area (Å²) in [6, 6.07) is 39.8. The van der Waals surface area contributed by atoms with Crippen LogP contribution in [0.2, 0.25) is 0 Å². The third kappa shape index (κ3) is 5.73. The summed E-state index contributed by atoms with van der Waals surface area (Å²) in [6.45, 7) is 1.29. The fourth-order valence-corrected chi connectivity index (χ4v) is 3.46. The molecule has 152 valence electrons. The van der Waals surface area contributed by atoms with Gasteiger partial charge in [-0.1, -0.05) is 109 Å². The first-order valence-corrected chi connectivity index (χ1v) is 9.98. The first-order valence-electron chi connectivity index (χ1n) is 9.98. The maximum absolute atomic E-state index is 6.13. The molecule has 0 atom stereocenters. The Bertz CT molecular complexity index is 967. The minimum Gasteiger partial charge on any atom is -0.489 e. The predicted molar refractivity (Wildman–Crippen MR) is 126 cm³/mol. The molecule has 4 aromatic carbocycles. The molecule has 4 aromatic rings. The molecule has 0 saturated carbocycles. The van der Waals surface area contributed by atoms with E-state index in [-0.39, 0.29) is 18.4 Å². The molecule has 0 radical (unpaired) electrons. The molecule has 1 N–H and O–H groups in total. The average Bonchev–Trinajstić information content (AvgIpc) is 2.81. The molecule has 0 unspecified atom stereocenters. The van der Waals surface area contributed by atoms with Crippen molar-refractivity contribution in [2.24, 2.45) is 0 Å². The second-order valence-electron chi connectivity index (χ2n) is 7.02. The quantitative estimate of drug-likeness (QED) is 0.351. The molecule has 0 aliphatic rings. The molecule has 0 heterocycles. The Hall–Kier alpha value is -3.07. The van der Waals surface area contributed by atoms with Crippen LogP contribution in [-0.2, 0) is 13.2 Å².